The molecule has 0 radical (unpaired) electrons. The van der Waals surface area contributed by atoms with E-state index in [1.54, 1.807) is 18.2 Å². The molecule has 1 amide bonds. The maximum Gasteiger partial charge on any atom is 0.293 e. The van der Waals surface area contributed by atoms with Crippen LogP contribution in [0.2, 0.25) is 10.0 Å². The Hall–Kier alpha value is -1.98. The van der Waals surface area contributed by atoms with Crippen molar-refractivity contribution in [2.45, 2.75) is 6.54 Å². The average molecular weight is 327 g/mol. The topological polar surface area (TPSA) is 60.3 Å². The van der Waals surface area contributed by atoms with Crippen molar-refractivity contribution < 1.29 is 9.53 Å². The number of benzene rings is 1. The van der Waals surface area contributed by atoms with Crippen molar-refractivity contribution in [1.29, 1.82) is 0 Å². The second-order valence-corrected chi connectivity index (χ2v) is 5.03. The summed E-state index contributed by atoms with van der Waals surface area (Å²) >= 11 is 11.8. The zero-order valence-corrected chi connectivity index (χ0v) is 12.6. The lowest BCUT2D eigenvalue weighted by atomic mass is 10.3. The first-order valence-corrected chi connectivity index (χ1v) is 6.75. The summed E-state index contributed by atoms with van der Waals surface area (Å²) in [5, 5.41) is 3.43. The van der Waals surface area contributed by atoms with Crippen LogP contribution in [0.25, 0.3) is 0 Å². The Labute approximate surface area is 131 Å². The van der Waals surface area contributed by atoms with E-state index in [4.69, 9.17) is 27.9 Å². The quantitative estimate of drug-likeness (QED) is 0.939. The fourth-order valence-corrected chi connectivity index (χ4v) is 2.07. The number of amides is 1. The van der Waals surface area contributed by atoms with E-state index < -0.39 is 5.91 Å². The molecule has 2 aromatic rings. The van der Waals surface area contributed by atoms with E-state index in [1.165, 1.54) is 30.0 Å². The molecule has 0 aliphatic heterocycles. The van der Waals surface area contributed by atoms with Gasteiger partial charge in [0.25, 0.3) is 5.56 Å². The van der Waals surface area contributed by atoms with Gasteiger partial charge >= 0.3 is 0 Å². The van der Waals surface area contributed by atoms with Gasteiger partial charge in [-0.15, -0.1) is 0 Å². The van der Waals surface area contributed by atoms with E-state index in [-0.39, 0.29) is 17.9 Å². The number of methoxy groups -OCH3 is 1. The number of carbonyl (C=O) groups is 1. The smallest absolute Gasteiger partial charge is 0.293 e. The molecule has 1 heterocycles. The Kier molecular flexibility index (Phi) is 4.88. The third kappa shape index (κ3) is 3.77. The molecule has 0 spiro atoms. The first-order valence-electron chi connectivity index (χ1n) is 5.99. The van der Waals surface area contributed by atoms with Crippen LogP contribution in [0.15, 0.2) is 41.3 Å². The highest BCUT2D eigenvalue weighted by Crippen LogP contribution is 2.25. The van der Waals surface area contributed by atoms with Crippen LogP contribution >= 0.6 is 23.2 Å². The molecule has 1 aromatic heterocycles. The molecule has 7 heteroatoms. The van der Waals surface area contributed by atoms with Crippen LogP contribution in [0.3, 0.4) is 0 Å². The summed E-state index contributed by atoms with van der Waals surface area (Å²) < 4.78 is 6.16. The standard InChI is InChI=1S/C14H12Cl2N2O3/c1-21-12-3-2-6-18(14(12)20)8-13(19)17-11-7-9(15)4-5-10(11)16/h2-7H,8H2,1H3,(H,17,19). The van der Waals surface area contributed by atoms with E-state index in [2.05, 4.69) is 5.32 Å². The third-order valence-corrected chi connectivity index (χ3v) is 3.29. The molecule has 2 rings (SSSR count). The molecule has 0 unspecified atom stereocenters. The van der Waals surface area contributed by atoms with Gasteiger partial charge in [0, 0.05) is 11.2 Å². The molecule has 0 fully saturated rings. The minimum Gasteiger partial charge on any atom is -0.491 e. The summed E-state index contributed by atoms with van der Waals surface area (Å²) in [4.78, 5) is 23.9. The fourth-order valence-electron chi connectivity index (χ4n) is 1.73. The van der Waals surface area contributed by atoms with Crippen LogP contribution in [0.4, 0.5) is 5.69 Å². The van der Waals surface area contributed by atoms with Gasteiger partial charge in [0.2, 0.25) is 5.91 Å². The van der Waals surface area contributed by atoms with E-state index >= 15 is 0 Å². The number of hydrogen-bond donors (Lipinski definition) is 1. The van der Waals surface area contributed by atoms with Crippen LogP contribution in [-0.4, -0.2) is 17.6 Å². The highest BCUT2D eigenvalue weighted by atomic mass is 35.5. The Morgan fingerprint density at radius 3 is 2.81 bits per heavy atom. The van der Waals surface area contributed by atoms with Gasteiger partial charge in [-0.1, -0.05) is 23.2 Å². The van der Waals surface area contributed by atoms with Crippen molar-refractivity contribution in [2.75, 3.05) is 12.4 Å². The Morgan fingerprint density at radius 2 is 2.10 bits per heavy atom. The van der Waals surface area contributed by atoms with Crippen molar-refractivity contribution >= 4 is 34.8 Å². The molecule has 1 N–H and O–H groups in total. The summed E-state index contributed by atoms with van der Waals surface area (Å²) in [6.45, 7) is -0.154. The minimum absolute atomic E-state index is 0.154. The van der Waals surface area contributed by atoms with Gasteiger partial charge in [0.05, 0.1) is 17.8 Å². The lowest BCUT2D eigenvalue weighted by molar-refractivity contribution is -0.116. The van der Waals surface area contributed by atoms with Gasteiger partial charge in [0.15, 0.2) is 5.75 Å². The predicted octanol–water partition coefficient (Wildman–Crippen LogP) is 2.80. The molecular weight excluding hydrogens is 315 g/mol. The number of carbonyl (C=O) groups excluding carboxylic acids is 1. The van der Waals surface area contributed by atoms with E-state index in [0.29, 0.717) is 15.7 Å². The molecule has 0 aliphatic carbocycles. The van der Waals surface area contributed by atoms with Gasteiger partial charge in [-0.2, -0.15) is 0 Å². The van der Waals surface area contributed by atoms with Crippen molar-refractivity contribution in [2.24, 2.45) is 0 Å². The fraction of sp³-hybridized carbons (Fsp3) is 0.143. The molecule has 5 nitrogen and oxygen atoms in total. The van der Waals surface area contributed by atoms with Crippen molar-refractivity contribution in [3.63, 3.8) is 0 Å². The molecule has 110 valence electrons. The minimum atomic E-state index is -0.394. The van der Waals surface area contributed by atoms with Crippen LogP contribution in [0.1, 0.15) is 0 Å². The summed E-state index contributed by atoms with van der Waals surface area (Å²) in [7, 11) is 1.40. The van der Waals surface area contributed by atoms with E-state index in [1.807, 2.05) is 0 Å². The summed E-state index contributed by atoms with van der Waals surface area (Å²) in [6.07, 6.45) is 1.50. The number of pyridine rings is 1. The maximum absolute atomic E-state index is 12.0. The Morgan fingerprint density at radius 1 is 1.33 bits per heavy atom. The average Bonchev–Trinajstić information content (AvgIpc) is 2.45. The first-order chi connectivity index (χ1) is 10.0. The zero-order valence-electron chi connectivity index (χ0n) is 11.1. The maximum atomic E-state index is 12.0. The normalized spacial score (nSPS) is 10.2. The number of anilines is 1. The second kappa shape index (κ2) is 6.65. The van der Waals surface area contributed by atoms with Crippen molar-refractivity contribution in [1.82, 2.24) is 4.57 Å². The van der Waals surface area contributed by atoms with Gasteiger partial charge in [-0.3, -0.25) is 9.59 Å². The van der Waals surface area contributed by atoms with Crippen molar-refractivity contribution in [3.8, 4) is 5.75 Å². The first kappa shape index (κ1) is 15.4. The molecule has 0 saturated carbocycles. The zero-order chi connectivity index (χ0) is 15.4. The highest BCUT2D eigenvalue weighted by Gasteiger charge is 2.10. The molecule has 0 saturated heterocycles. The van der Waals surface area contributed by atoms with Crippen LogP contribution < -0.4 is 15.6 Å². The Bertz CT molecular complexity index is 728. The van der Waals surface area contributed by atoms with Gasteiger partial charge in [-0.05, 0) is 30.3 Å². The van der Waals surface area contributed by atoms with Gasteiger partial charge < -0.3 is 14.6 Å². The van der Waals surface area contributed by atoms with Crippen LogP contribution in [0, 0.1) is 0 Å². The number of hydrogen-bond acceptors (Lipinski definition) is 3. The van der Waals surface area contributed by atoms with Crippen molar-refractivity contribution in [3.05, 3.63) is 56.9 Å². The highest BCUT2D eigenvalue weighted by molar-refractivity contribution is 6.35. The molecule has 21 heavy (non-hydrogen) atoms. The number of nitrogens with one attached hydrogen (secondary N) is 1. The predicted molar refractivity (Wildman–Crippen MR) is 82.3 cm³/mol. The third-order valence-electron chi connectivity index (χ3n) is 2.72. The summed E-state index contributed by atoms with van der Waals surface area (Å²) in [5.74, 6) is -0.222. The van der Waals surface area contributed by atoms with E-state index in [9.17, 15) is 9.59 Å². The molecule has 0 aliphatic rings. The second-order valence-electron chi connectivity index (χ2n) is 4.18. The number of aromatic nitrogens is 1. The lowest BCUT2D eigenvalue weighted by Gasteiger charge is -2.10. The van der Waals surface area contributed by atoms with Crippen LogP contribution in [-0.2, 0) is 11.3 Å². The Balaban J connectivity index is 2.16. The molecular formula is C14H12Cl2N2O3. The number of halogens is 2. The largest absolute Gasteiger partial charge is 0.491 e. The van der Waals surface area contributed by atoms with Gasteiger partial charge in [-0.25, -0.2) is 0 Å². The molecule has 0 atom stereocenters. The SMILES string of the molecule is COc1cccn(CC(=O)Nc2cc(Cl)ccc2Cl)c1=O. The monoisotopic (exact) mass is 326 g/mol. The van der Waals surface area contributed by atoms with Crippen LogP contribution in [0.5, 0.6) is 5.75 Å². The number of rotatable bonds is 4. The summed E-state index contributed by atoms with van der Waals surface area (Å²) in [5.41, 5.74) is 0.0115. The number of nitrogens with zero attached hydrogens (tertiary/aromatic N) is 1. The van der Waals surface area contributed by atoms with E-state index in [0.717, 1.165) is 0 Å². The lowest BCUT2D eigenvalue weighted by Crippen LogP contribution is -2.27. The molecule has 0 bridgehead atoms. The summed E-state index contributed by atoms with van der Waals surface area (Å²) in [6, 6.07) is 7.89. The molecule has 1 aromatic carbocycles. The number of ether oxygens (including phenoxy) is 1. The van der Waals surface area contributed by atoms with Gasteiger partial charge in [0.1, 0.15) is 6.54 Å².